The minimum absolute atomic E-state index is 0. The van der Waals surface area contributed by atoms with Crippen molar-refractivity contribution in [1.82, 2.24) is 0 Å². The fraction of sp³-hybridized carbons (Fsp3) is 0. The Morgan fingerprint density at radius 3 is 2.93 bits per heavy atom. The minimum Gasteiger partial charge on any atom is -0.453 e. The summed E-state index contributed by atoms with van der Waals surface area (Å²) in [7, 11) is 0. The lowest BCUT2D eigenvalue weighted by atomic mass is 10.2. The lowest BCUT2D eigenvalue weighted by Gasteiger charge is -2.20. The average Bonchev–Trinajstić information content (AvgIpc) is 2.26. The molecule has 1 aliphatic rings. The molecule has 2 heteroatoms. The van der Waals surface area contributed by atoms with E-state index in [0.29, 0.717) is 0 Å². The summed E-state index contributed by atoms with van der Waals surface area (Å²) < 4.78 is 5.68. The summed E-state index contributed by atoms with van der Waals surface area (Å²) in [6, 6.07) is 16.7. The van der Waals surface area contributed by atoms with Gasteiger partial charge in [0.25, 0.3) is 0 Å². The molecule has 0 aliphatic carbocycles. The van der Waals surface area contributed by atoms with Crippen molar-refractivity contribution in [2.45, 2.75) is 0 Å². The lowest BCUT2D eigenvalue weighted by molar-refractivity contribution is 0.481. The van der Waals surface area contributed by atoms with Gasteiger partial charge in [-0.3, -0.25) is 0 Å². The summed E-state index contributed by atoms with van der Waals surface area (Å²) in [5.74, 6) is 1.69. The molecule has 0 bridgehead atoms. The predicted molar refractivity (Wildman–Crippen MR) is 56.2 cm³/mol. The molecule has 1 aliphatic heterocycles. The first-order valence-electron chi connectivity index (χ1n) is 4.48. The maximum absolute atomic E-state index is 5.68. The first-order valence-corrected chi connectivity index (χ1v) is 4.48. The predicted octanol–water partition coefficient (Wildman–Crippen LogP) is 3.45. The van der Waals surface area contributed by atoms with Crippen molar-refractivity contribution in [3.8, 4) is 11.5 Å². The van der Waals surface area contributed by atoms with E-state index < -0.39 is 0 Å². The molecule has 0 saturated carbocycles. The van der Waals surface area contributed by atoms with Gasteiger partial charge in [0.15, 0.2) is 11.5 Å². The van der Waals surface area contributed by atoms with Gasteiger partial charge in [0.2, 0.25) is 0 Å². The second-order valence-electron chi connectivity index (χ2n) is 3.13. The van der Waals surface area contributed by atoms with Crippen LogP contribution in [0.2, 0.25) is 0 Å². The Bertz CT molecular complexity index is 397. The number of hydrogen-bond acceptors (Lipinski definition) is 2. The number of benzene rings is 2. The molecule has 1 heterocycles. The van der Waals surface area contributed by atoms with Crippen molar-refractivity contribution in [2.75, 3.05) is 5.32 Å². The Morgan fingerprint density at radius 1 is 1.07 bits per heavy atom. The van der Waals surface area contributed by atoms with E-state index in [1.165, 1.54) is 0 Å². The Kier molecular flexibility index (Phi) is 1.47. The highest BCUT2D eigenvalue weighted by molar-refractivity contribution is 5.74. The minimum atomic E-state index is 0. The van der Waals surface area contributed by atoms with Crippen LogP contribution in [0.3, 0.4) is 0 Å². The normalized spacial score (nSPS) is 12.0. The van der Waals surface area contributed by atoms with Crippen LogP contribution in [0.4, 0.5) is 11.4 Å². The van der Waals surface area contributed by atoms with Crippen LogP contribution in [0.5, 0.6) is 11.5 Å². The van der Waals surface area contributed by atoms with Crippen molar-refractivity contribution in [2.24, 2.45) is 0 Å². The molecule has 2 aromatic rings. The third kappa shape index (κ3) is 1.04. The Labute approximate surface area is 83.6 Å². The first-order chi connectivity index (χ1) is 6.93. The quantitative estimate of drug-likeness (QED) is 0.576. The molecule has 14 heavy (non-hydrogen) atoms. The van der Waals surface area contributed by atoms with E-state index >= 15 is 0 Å². The van der Waals surface area contributed by atoms with Crippen molar-refractivity contribution < 1.29 is 6.16 Å². The molecule has 0 aromatic heterocycles. The number of para-hydroxylation sites is 3. The van der Waals surface area contributed by atoms with Gasteiger partial charge in [0.1, 0.15) is 0 Å². The van der Waals surface area contributed by atoms with E-state index in [1.54, 1.807) is 0 Å². The zero-order valence-electron chi connectivity index (χ0n) is 8.45. The first kappa shape index (κ1) is 7.44. The topological polar surface area (TPSA) is 21.3 Å². The van der Waals surface area contributed by atoms with Crippen molar-refractivity contribution >= 4 is 11.4 Å². The molecule has 0 saturated heterocycles. The molecule has 0 unspecified atom stereocenters. The van der Waals surface area contributed by atoms with Gasteiger partial charge >= 0.3 is 1.43 Å². The highest BCUT2D eigenvalue weighted by Crippen LogP contribution is 2.40. The third-order valence-electron chi connectivity index (χ3n) is 2.18. The Balaban J connectivity index is 0.000000853. The lowest BCUT2D eigenvalue weighted by Crippen LogP contribution is -2.01. The number of rotatable bonds is 0. The van der Waals surface area contributed by atoms with Crippen molar-refractivity contribution in [3.63, 3.8) is 0 Å². The fourth-order valence-corrected chi connectivity index (χ4v) is 1.52. The van der Waals surface area contributed by atoms with Crippen LogP contribution in [-0.2, 0) is 0 Å². The Morgan fingerprint density at radius 2 is 1.93 bits per heavy atom. The van der Waals surface area contributed by atoms with E-state index in [-0.39, 0.29) is 1.43 Å². The molecule has 2 nitrogen and oxygen atoms in total. The van der Waals surface area contributed by atoms with Gasteiger partial charge in [-0.05, 0) is 18.2 Å². The molecule has 0 spiro atoms. The molecule has 3 rings (SSSR count). The van der Waals surface area contributed by atoms with E-state index in [9.17, 15) is 0 Å². The molecular formula is C12H9NO+. The SMILES string of the molecule is [H+].[c]1cccc2c1Nc1ccccc1O2. The van der Waals surface area contributed by atoms with Crippen LogP contribution in [0, 0.1) is 6.07 Å². The Hall–Kier alpha value is -1.96. The summed E-state index contributed by atoms with van der Waals surface area (Å²) in [6.07, 6.45) is 0. The second-order valence-corrected chi connectivity index (χ2v) is 3.13. The molecular weight excluding hydrogens is 174 g/mol. The van der Waals surface area contributed by atoms with Crippen LogP contribution < -0.4 is 10.1 Å². The zero-order chi connectivity index (χ0) is 9.38. The van der Waals surface area contributed by atoms with Crippen LogP contribution in [0.25, 0.3) is 0 Å². The standard InChI is InChI=1S/C12H8NO/c1-3-7-11-9(5-1)13-10-6-2-4-8-12(10)14-11/h1-5,7-8,13H/p+1. The van der Waals surface area contributed by atoms with Gasteiger partial charge in [-0.15, -0.1) is 0 Å². The molecule has 0 fully saturated rings. The van der Waals surface area contributed by atoms with Gasteiger partial charge in [-0.1, -0.05) is 24.3 Å². The van der Waals surface area contributed by atoms with Crippen LogP contribution >= 0.6 is 0 Å². The summed E-state index contributed by atoms with van der Waals surface area (Å²) in [4.78, 5) is 0. The summed E-state index contributed by atoms with van der Waals surface area (Å²) in [5.41, 5.74) is 1.88. The highest BCUT2D eigenvalue weighted by Gasteiger charge is 2.14. The number of nitrogens with one attached hydrogen (secondary N) is 1. The largest absolute Gasteiger partial charge is 1.00 e. The second kappa shape index (κ2) is 2.77. The number of ether oxygens (including phenoxy) is 1. The fourth-order valence-electron chi connectivity index (χ4n) is 1.52. The van der Waals surface area contributed by atoms with E-state index in [0.717, 1.165) is 22.9 Å². The average molecular weight is 183 g/mol. The molecule has 0 atom stereocenters. The van der Waals surface area contributed by atoms with Gasteiger partial charge in [0, 0.05) is 6.07 Å². The zero-order valence-corrected chi connectivity index (χ0v) is 7.45. The molecule has 1 N–H and O–H groups in total. The summed E-state index contributed by atoms with van der Waals surface area (Å²) >= 11 is 0. The van der Waals surface area contributed by atoms with E-state index in [4.69, 9.17) is 4.74 Å². The number of anilines is 2. The van der Waals surface area contributed by atoms with E-state index in [1.807, 2.05) is 42.5 Å². The molecule has 0 amide bonds. The van der Waals surface area contributed by atoms with Crippen LogP contribution in [-0.4, -0.2) is 0 Å². The van der Waals surface area contributed by atoms with Gasteiger partial charge in [0.05, 0.1) is 11.4 Å². The summed E-state index contributed by atoms with van der Waals surface area (Å²) in [6.45, 7) is 0. The molecule has 2 aromatic carbocycles. The third-order valence-corrected chi connectivity index (χ3v) is 2.18. The smallest absolute Gasteiger partial charge is 0.453 e. The maximum Gasteiger partial charge on any atom is 1.00 e. The van der Waals surface area contributed by atoms with Gasteiger partial charge < -0.3 is 10.1 Å². The summed E-state index contributed by atoms with van der Waals surface area (Å²) in [5, 5.41) is 3.26. The van der Waals surface area contributed by atoms with Crippen molar-refractivity contribution in [3.05, 3.63) is 48.5 Å². The van der Waals surface area contributed by atoms with Gasteiger partial charge in [-0.25, -0.2) is 0 Å². The monoisotopic (exact) mass is 183 g/mol. The number of fused-ring (bicyclic) bond motifs is 2. The maximum atomic E-state index is 5.68. The molecule has 67 valence electrons. The van der Waals surface area contributed by atoms with Crippen molar-refractivity contribution in [1.29, 1.82) is 0 Å². The van der Waals surface area contributed by atoms with E-state index in [2.05, 4.69) is 11.4 Å². The van der Waals surface area contributed by atoms with Crippen LogP contribution in [0.15, 0.2) is 42.5 Å². The molecule has 1 radical (unpaired) electrons. The van der Waals surface area contributed by atoms with Crippen LogP contribution in [0.1, 0.15) is 1.43 Å². The highest BCUT2D eigenvalue weighted by atomic mass is 16.5. The van der Waals surface area contributed by atoms with Gasteiger partial charge in [-0.2, -0.15) is 0 Å². The number of hydrogen-bond donors (Lipinski definition) is 1.